The van der Waals surface area contributed by atoms with Crippen molar-refractivity contribution in [1.82, 2.24) is 9.55 Å². The van der Waals surface area contributed by atoms with Gasteiger partial charge < -0.3 is 14.3 Å². The number of anilines is 1. The lowest BCUT2D eigenvalue weighted by atomic mass is 10.1. The van der Waals surface area contributed by atoms with E-state index < -0.39 is 6.09 Å². The highest BCUT2D eigenvalue weighted by atomic mass is 16.5. The van der Waals surface area contributed by atoms with Gasteiger partial charge in [-0.25, -0.2) is 9.78 Å². The molecule has 1 saturated carbocycles. The molecule has 1 aliphatic carbocycles. The Balaban J connectivity index is 1.98. The minimum atomic E-state index is -1.15. The van der Waals surface area contributed by atoms with Crippen LogP contribution in [0.15, 0.2) is 40.0 Å². The molecule has 30 heavy (non-hydrogen) atoms. The molecule has 8 heteroatoms. The first kappa shape index (κ1) is 20.0. The Kier molecular flexibility index (Phi) is 5.48. The van der Waals surface area contributed by atoms with E-state index >= 15 is 0 Å². The summed E-state index contributed by atoms with van der Waals surface area (Å²) < 4.78 is 13.1. The van der Waals surface area contributed by atoms with Gasteiger partial charge in [-0.1, -0.05) is 19.4 Å². The summed E-state index contributed by atoms with van der Waals surface area (Å²) in [4.78, 5) is 30.3. The molecule has 0 saturated heterocycles. The van der Waals surface area contributed by atoms with E-state index in [4.69, 9.17) is 9.15 Å². The summed E-state index contributed by atoms with van der Waals surface area (Å²) in [6.45, 7) is 2.97. The van der Waals surface area contributed by atoms with Crippen molar-refractivity contribution in [3.63, 3.8) is 0 Å². The van der Waals surface area contributed by atoms with Crippen molar-refractivity contribution in [2.45, 2.75) is 39.2 Å². The van der Waals surface area contributed by atoms with Gasteiger partial charge in [0.25, 0.3) is 5.56 Å². The number of benzene rings is 1. The molecule has 0 spiro atoms. The van der Waals surface area contributed by atoms with E-state index in [-0.39, 0.29) is 11.4 Å². The lowest BCUT2D eigenvalue weighted by Gasteiger charge is -2.24. The van der Waals surface area contributed by atoms with Gasteiger partial charge >= 0.3 is 6.09 Å². The van der Waals surface area contributed by atoms with Crippen LogP contribution in [0.5, 0.6) is 5.75 Å². The van der Waals surface area contributed by atoms with Crippen LogP contribution < -0.4 is 15.2 Å². The second-order valence-electron chi connectivity index (χ2n) is 7.68. The van der Waals surface area contributed by atoms with E-state index in [0.717, 1.165) is 36.1 Å². The second-order valence-corrected chi connectivity index (χ2v) is 7.68. The number of pyridine rings is 1. The van der Waals surface area contributed by atoms with Gasteiger partial charge in [-0.2, -0.15) is 0 Å². The summed E-state index contributed by atoms with van der Waals surface area (Å²) in [7, 11) is 1.44. The number of amides is 1. The van der Waals surface area contributed by atoms with E-state index in [1.807, 2.05) is 6.07 Å². The largest absolute Gasteiger partial charge is 0.489 e. The Bertz CT molecular complexity index is 1120. The minimum Gasteiger partial charge on any atom is -0.489 e. The topological polar surface area (TPSA) is 97.8 Å². The lowest BCUT2D eigenvalue weighted by molar-refractivity contribution is 0.202. The zero-order valence-electron chi connectivity index (χ0n) is 17.1. The molecule has 2 heterocycles. The van der Waals surface area contributed by atoms with Crippen molar-refractivity contribution in [1.29, 1.82) is 0 Å². The third-order valence-electron chi connectivity index (χ3n) is 5.40. The number of rotatable bonds is 8. The van der Waals surface area contributed by atoms with E-state index in [1.54, 1.807) is 22.9 Å². The molecule has 1 N–H and O–H groups in total. The first-order valence-electron chi connectivity index (χ1n) is 10.2. The monoisotopic (exact) mass is 411 g/mol. The molecule has 0 bridgehead atoms. The van der Waals surface area contributed by atoms with E-state index in [9.17, 15) is 14.7 Å². The minimum absolute atomic E-state index is 0.216. The van der Waals surface area contributed by atoms with Crippen LogP contribution in [0.25, 0.3) is 22.1 Å². The number of carboxylic acid groups (broad SMARTS) is 1. The quantitative estimate of drug-likeness (QED) is 0.553. The van der Waals surface area contributed by atoms with Crippen molar-refractivity contribution < 1.29 is 19.1 Å². The maximum atomic E-state index is 13.4. The summed E-state index contributed by atoms with van der Waals surface area (Å²) in [5, 5.41) is 10.8. The first-order chi connectivity index (χ1) is 14.5. The molecular formula is C22H25N3O5. The normalized spacial score (nSPS) is 13.5. The molecule has 4 rings (SSSR count). The molecule has 8 nitrogen and oxygen atoms in total. The SMILES string of the molecule is CCCCOc1c(N(C)C(=O)O)n(CC2CC2)c(=O)c2ccc(-c3cnco3)cc12. The Morgan fingerprint density at radius 2 is 2.17 bits per heavy atom. The number of ether oxygens (including phenoxy) is 1. The van der Waals surface area contributed by atoms with Crippen LogP contribution in [0.3, 0.4) is 0 Å². The van der Waals surface area contributed by atoms with Crippen LogP contribution in [-0.4, -0.2) is 34.4 Å². The van der Waals surface area contributed by atoms with E-state index in [0.29, 0.717) is 41.4 Å². The Hall–Kier alpha value is -3.29. The smallest absolute Gasteiger partial charge is 0.412 e. The maximum Gasteiger partial charge on any atom is 0.412 e. The van der Waals surface area contributed by atoms with Crippen molar-refractivity contribution >= 4 is 22.7 Å². The molecule has 3 aromatic rings. The lowest BCUT2D eigenvalue weighted by Crippen LogP contribution is -2.33. The summed E-state index contributed by atoms with van der Waals surface area (Å²) in [6.07, 6.45) is 5.63. The number of nitrogens with zero attached hydrogens (tertiary/aromatic N) is 3. The maximum absolute atomic E-state index is 13.4. The van der Waals surface area contributed by atoms with Gasteiger partial charge in [0, 0.05) is 24.5 Å². The van der Waals surface area contributed by atoms with Gasteiger partial charge in [-0.15, -0.1) is 0 Å². The van der Waals surface area contributed by atoms with E-state index in [1.165, 1.54) is 13.4 Å². The average Bonchev–Trinajstić information content (AvgIpc) is 3.39. The summed E-state index contributed by atoms with van der Waals surface area (Å²) >= 11 is 0. The van der Waals surface area contributed by atoms with E-state index in [2.05, 4.69) is 11.9 Å². The van der Waals surface area contributed by atoms with Crippen molar-refractivity contribution in [2.24, 2.45) is 5.92 Å². The standard InChI is InChI=1S/C22H25N3O5/c1-3-4-9-29-19-17-10-15(18-11-23-13-30-18)7-8-16(17)21(26)25(12-14-5-6-14)20(19)24(2)22(27)28/h7-8,10-11,13-14H,3-6,9,12H2,1-2H3,(H,27,28). The Labute approximate surface area is 173 Å². The number of fused-ring (bicyclic) bond motifs is 1. The van der Waals surface area contributed by atoms with Gasteiger partial charge in [0.15, 0.2) is 23.7 Å². The van der Waals surface area contributed by atoms with Crippen LogP contribution in [-0.2, 0) is 6.54 Å². The predicted octanol–water partition coefficient (Wildman–Crippen LogP) is 4.36. The molecule has 0 aliphatic heterocycles. The molecular weight excluding hydrogens is 386 g/mol. The van der Waals surface area contributed by atoms with Crippen LogP contribution >= 0.6 is 0 Å². The van der Waals surface area contributed by atoms with Gasteiger partial charge in [-0.05, 0) is 37.3 Å². The van der Waals surface area contributed by atoms with Crippen LogP contribution in [0.4, 0.5) is 10.6 Å². The highest BCUT2D eigenvalue weighted by Crippen LogP contribution is 2.39. The van der Waals surface area contributed by atoms with Crippen LogP contribution in [0.1, 0.15) is 32.6 Å². The number of hydrogen-bond acceptors (Lipinski definition) is 5. The number of aromatic nitrogens is 2. The number of carbonyl (C=O) groups is 1. The van der Waals surface area contributed by atoms with Gasteiger partial charge in [0.1, 0.15) is 0 Å². The third-order valence-corrected chi connectivity index (χ3v) is 5.40. The highest BCUT2D eigenvalue weighted by Gasteiger charge is 2.29. The average molecular weight is 411 g/mol. The molecule has 0 radical (unpaired) electrons. The predicted molar refractivity (Wildman–Crippen MR) is 113 cm³/mol. The summed E-state index contributed by atoms with van der Waals surface area (Å²) in [6, 6.07) is 5.36. The molecule has 2 aromatic heterocycles. The first-order valence-corrected chi connectivity index (χ1v) is 10.2. The highest BCUT2D eigenvalue weighted by molar-refractivity contribution is 5.98. The number of unbranched alkanes of at least 4 members (excludes halogenated alkanes) is 1. The van der Waals surface area contributed by atoms with Crippen molar-refractivity contribution in [3.8, 4) is 17.1 Å². The Morgan fingerprint density at radius 3 is 2.80 bits per heavy atom. The molecule has 158 valence electrons. The molecule has 0 atom stereocenters. The molecule has 1 amide bonds. The number of hydrogen-bond donors (Lipinski definition) is 1. The summed E-state index contributed by atoms with van der Waals surface area (Å²) in [5.74, 6) is 1.63. The fourth-order valence-electron chi connectivity index (χ4n) is 3.53. The molecule has 1 fully saturated rings. The molecule has 1 aliphatic rings. The van der Waals surface area contributed by atoms with Gasteiger partial charge in [-0.3, -0.25) is 14.3 Å². The second kappa shape index (κ2) is 8.22. The van der Waals surface area contributed by atoms with Crippen molar-refractivity contribution in [3.05, 3.63) is 41.1 Å². The van der Waals surface area contributed by atoms with Crippen molar-refractivity contribution in [2.75, 3.05) is 18.6 Å². The fraction of sp³-hybridized carbons (Fsp3) is 0.409. The molecule has 1 aromatic carbocycles. The van der Waals surface area contributed by atoms with Gasteiger partial charge in [0.2, 0.25) is 0 Å². The van der Waals surface area contributed by atoms with Gasteiger partial charge in [0.05, 0.1) is 18.2 Å². The molecule has 0 unspecified atom stereocenters. The summed E-state index contributed by atoms with van der Waals surface area (Å²) in [5.41, 5.74) is 0.524. The van der Waals surface area contributed by atoms with Crippen LogP contribution in [0.2, 0.25) is 0 Å². The number of oxazole rings is 1. The fourth-order valence-corrected chi connectivity index (χ4v) is 3.53. The van der Waals surface area contributed by atoms with Crippen LogP contribution in [0, 0.1) is 5.92 Å². The third kappa shape index (κ3) is 3.77. The zero-order chi connectivity index (χ0) is 21.3. The zero-order valence-corrected chi connectivity index (χ0v) is 17.1. The Morgan fingerprint density at radius 1 is 1.37 bits per heavy atom.